The van der Waals surface area contributed by atoms with Crippen LogP contribution in [0.3, 0.4) is 0 Å². The van der Waals surface area contributed by atoms with Gasteiger partial charge in [0.25, 0.3) is 5.91 Å². The predicted octanol–water partition coefficient (Wildman–Crippen LogP) is 2.93. The van der Waals surface area contributed by atoms with Crippen LogP contribution in [0.5, 0.6) is 17.2 Å². The van der Waals surface area contributed by atoms with Crippen molar-refractivity contribution >= 4 is 18.3 Å². The number of hydrogen-bond acceptors (Lipinski definition) is 5. The van der Waals surface area contributed by atoms with Crippen molar-refractivity contribution in [1.29, 1.82) is 0 Å². The third-order valence-electron chi connectivity index (χ3n) is 4.40. The Morgan fingerprint density at radius 3 is 2.31 bits per heavy atom. The number of likely N-dealkylation sites (tertiary alicyclic amines) is 1. The van der Waals surface area contributed by atoms with Crippen LogP contribution in [0.25, 0.3) is 0 Å². The van der Waals surface area contributed by atoms with Gasteiger partial charge < -0.3 is 24.8 Å². The molecule has 1 heterocycles. The summed E-state index contributed by atoms with van der Waals surface area (Å²) in [5.74, 6) is -0.176. The summed E-state index contributed by atoms with van der Waals surface area (Å²) in [6.07, 6.45) is 1.86. The summed E-state index contributed by atoms with van der Waals surface area (Å²) >= 11 is 0. The van der Waals surface area contributed by atoms with Gasteiger partial charge in [0.15, 0.2) is 11.5 Å². The van der Waals surface area contributed by atoms with Crippen molar-refractivity contribution in [1.82, 2.24) is 4.90 Å². The first-order valence-electron chi connectivity index (χ1n) is 8.13. The number of carbonyl (C=O) groups is 1. The summed E-state index contributed by atoms with van der Waals surface area (Å²) in [6.45, 7) is 0.0952. The first kappa shape index (κ1) is 22.2. The summed E-state index contributed by atoms with van der Waals surface area (Å²) in [4.78, 5) is 14.5. The largest absolute Gasteiger partial charge is 0.493 e. The smallest absolute Gasteiger partial charge is 0.387 e. The first-order valence-corrected chi connectivity index (χ1v) is 8.13. The van der Waals surface area contributed by atoms with Crippen molar-refractivity contribution < 1.29 is 27.8 Å². The number of carbonyl (C=O) groups excluding carboxylic acids is 1. The Morgan fingerprint density at radius 2 is 1.85 bits per heavy atom. The van der Waals surface area contributed by atoms with Crippen molar-refractivity contribution in [2.45, 2.75) is 32.4 Å². The molecule has 0 radical (unpaired) electrons. The fourth-order valence-corrected chi connectivity index (χ4v) is 3.01. The minimum atomic E-state index is -3.03. The number of nitrogens with zero attached hydrogens (tertiary/aromatic N) is 1. The lowest BCUT2D eigenvalue weighted by atomic mass is 9.92. The molecule has 1 fully saturated rings. The zero-order chi connectivity index (χ0) is 18.6. The van der Waals surface area contributed by atoms with Gasteiger partial charge in [-0.05, 0) is 37.8 Å². The maximum Gasteiger partial charge on any atom is 0.387 e. The number of methoxy groups -OCH3 is 2. The minimum absolute atomic E-state index is 0. The summed E-state index contributed by atoms with van der Waals surface area (Å²) in [5, 5.41) is 0. The standard InChI is InChI=1S/C17H24F2N2O4.ClH/c1-10(20)11-5-4-6-21(9-11)16(22)12-7-13(23-2)15(25-17(18)19)14(8-12)24-3;/h7-8,10-11,17H,4-6,9,20H2,1-3H3;1H. The monoisotopic (exact) mass is 394 g/mol. The fraction of sp³-hybridized carbons (Fsp3) is 0.588. The van der Waals surface area contributed by atoms with E-state index in [0.717, 1.165) is 12.8 Å². The molecule has 0 aromatic heterocycles. The van der Waals surface area contributed by atoms with Crippen LogP contribution in [0.1, 0.15) is 30.1 Å². The average Bonchev–Trinajstić information content (AvgIpc) is 2.60. The van der Waals surface area contributed by atoms with E-state index in [1.807, 2.05) is 6.92 Å². The Morgan fingerprint density at radius 1 is 1.27 bits per heavy atom. The van der Waals surface area contributed by atoms with E-state index in [0.29, 0.717) is 18.7 Å². The molecule has 0 bridgehead atoms. The highest BCUT2D eigenvalue weighted by molar-refractivity contribution is 5.95. The molecule has 6 nitrogen and oxygen atoms in total. The van der Waals surface area contributed by atoms with Crippen LogP contribution in [-0.4, -0.2) is 50.8 Å². The van der Waals surface area contributed by atoms with E-state index in [-0.39, 0.29) is 47.5 Å². The van der Waals surface area contributed by atoms with Crippen molar-refractivity contribution in [3.63, 3.8) is 0 Å². The van der Waals surface area contributed by atoms with Crippen LogP contribution < -0.4 is 19.9 Å². The predicted molar refractivity (Wildman–Crippen MR) is 95.7 cm³/mol. The zero-order valence-corrected chi connectivity index (χ0v) is 15.9. The number of amides is 1. The van der Waals surface area contributed by atoms with Gasteiger partial charge in [0.05, 0.1) is 14.2 Å². The number of ether oxygens (including phenoxy) is 3. The molecule has 2 unspecified atom stereocenters. The summed E-state index contributed by atoms with van der Waals surface area (Å²) in [5.41, 5.74) is 6.25. The zero-order valence-electron chi connectivity index (χ0n) is 15.0. The van der Waals surface area contributed by atoms with E-state index in [9.17, 15) is 13.6 Å². The van der Waals surface area contributed by atoms with Crippen molar-refractivity contribution in [2.75, 3.05) is 27.3 Å². The van der Waals surface area contributed by atoms with Gasteiger partial charge in [0.1, 0.15) is 0 Å². The molecule has 9 heteroatoms. The molecule has 0 spiro atoms. The Kier molecular flexibility index (Phi) is 8.36. The lowest BCUT2D eigenvalue weighted by molar-refractivity contribution is -0.0526. The number of rotatable bonds is 6. The molecule has 2 atom stereocenters. The molecule has 1 aliphatic rings. The van der Waals surface area contributed by atoms with Gasteiger partial charge in [-0.15, -0.1) is 12.4 Å². The topological polar surface area (TPSA) is 74.0 Å². The molecular formula is C17H25ClF2N2O4. The van der Waals surface area contributed by atoms with E-state index in [1.165, 1.54) is 26.4 Å². The van der Waals surface area contributed by atoms with Gasteiger partial charge in [-0.3, -0.25) is 4.79 Å². The normalized spacial score (nSPS) is 18.1. The van der Waals surface area contributed by atoms with Crippen LogP contribution in [0.4, 0.5) is 8.78 Å². The van der Waals surface area contributed by atoms with Crippen LogP contribution in [0, 0.1) is 5.92 Å². The molecule has 2 rings (SSSR count). The van der Waals surface area contributed by atoms with E-state index in [1.54, 1.807) is 4.90 Å². The Bertz CT molecular complexity index is 591. The van der Waals surface area contributed by atoms with Gasteiger partial charge in [-0.25, -0.2) is 0 Å². The van der Waals surface area contributed by atoms with E-state index in [4.69, 9.17) is 15.2 Å². The molecule has 26 heavy (non-hydrogen) atoms. The van der Waals surface area contributed by atoms with Crippen LogP contribution in [-0.2, 0) is 0 Å². The number of piperidine rings is 1. The summed E-state index contributed by atoms with van der Waals surface area (Å²) in [6, 6.07) is 2.78. The molecule has 148 valence electrons. The lowest BCUT2D eigenvalue weighted by Gasteiger charge is -2.34. The molecule has 1 saturated heterocycles. The highest BCUT2D eigenvalue weighted by Crippen LogP contribution is 2.40. The average molecular weight is 395 g/mol. The van der Waals surface area contributed by atoms with Crippen molar-refractivity contribution in [2.24, 2.45) is 11.7 Å². The highest BCUT2D eigenvalue weighted by Gasteiger charge is 2.28. The highest BCUT2D eigenvalue weighted by atomic mass is 35.5. The number of alkyl halides is 2. The SMILES string of the molecule is COc1cc(C(=O)N2CCCC(C(C)N)C2)cc(OC)c1OC(F)F.Cl. The van der Waals surface area contributed by atoms with Gasteiger partial charge in [0, 0.05) is 24.7 Å². The Labute approximate surface area is 158 Å². The molecule has 1 amide bonds. The number of hydrogen-bond donors (Lipinski definition) is 1. The molecule has 0 saturated carbocycles. The van der Waals surface area contributed by atoms with Gasteiger partial charge in [-0.2, -0.15) is 8.78 Å². The van der Waals surface area contributed by atoms with Crippen molar-refractivity contribution in [3.05, 3.63) is 17.7 Å². The Hall–Kier alpha value is -1.80. The number of halogens is 3. The van der Waals surface area contributed by atoms with Crippen LogP contribution in [0.15, 0.2) is 12.1 Å². The van der Waals surface area contributed by atoms with E-state index in [2.05, 4.69) is 4.74 Å². The molecule has 2 N–H and O–H groups in total. The number of nitrogens with two attached hydrogens (primary N) is 1. The molecule has 1 aliphatic heterocycles. The molecule has 1 aromatic carbocycles. The van der Waals surface area contributed by atoms with E-state index < -0.39 is 6.61 Å². The second-order valence-electron chi connectivity index (χ2n) is 6.10. The van der Waals surface area contributed by atoms with Crippen LogP contribution >= 0.6 is 12.4 Å². The van der Waals surface area contributed by atoms with Crippen molar-refractivity contribution in [3.8, 4) is 17.2 Å². The molecular weight excluding hydrogens is 370 g/mol. The van der Waals surface area contributed by atoms with Gasteiger partial charge >= 0.3 is 6.61 Å². The number of benzene rings is 1. The Balaban J connectivity index is 0.00000338. The fourth-order valence-electron chi connectivity index (χ4n) is 3.01. The third kappa shape index (κ3) is 5.11. The minimum Gasteiger partial charge on any atom is -0.493 e. The second-order valence-corrected chi connectivity index (χ2v) is 6.10. The lowest BCUT2D eigenvalue weighted by Crippen LogP contribution is -2.45. The molecule has 0 aliphatic carbocycles. The quantitative estimate of drug-likeness (QED) is 0.803. The maximum absolute atomic E-state index is 12.8. The van der Waals surface area contributed by atoms with Crippen LogP contribution in [0.2, 0.25) is 0 Å². The summed E-state index contributed by atoms with van der Waals surface area (Å²) < 4.78 is 39.9. The maximum atomic E-state index is 12.8. The van der Waals surface area contributed by atoms with E-state index >= 15 is 0 Å². The third-order valence-corrected chi connectivity index (χ3v) is 4.40. The first-order chi connectivity index (χ1) is 11.9. The molecule has 1 aromatic rings. The summed E-state index contributed by atoms with van der Waals surface area (Å²) in [7, 11) is 2.63. The van der Waals surface area contributed by atoms with Gasteiger partial charge in [-0.1, -0.05) is 0 Å². The van der Waals surface area contributed by atoms with Gasteiger partial charge in [0.2, 0.25) is 5.75 Å². The second kappa shape index (κ2) is 9.78.